The summed E-state index contributed by atoms with van der Waals surface area (Å²) in [6.45, 7) is 7.69. The number of methoxy groups -OCH3 is 1. The van der Waals surface area contributed by atoms with E-state index < -0.39 is 126 Å². The van der Waals surface area contributed by atoms with Crippen LogP contribution in [0.4, 0.5) is 0 Å². The molecule has 2 bridgehead atoms. The van der Waals surface area contributed by atoms with Gasteiger partial charge in [-0.3, -0.25) is 4.79 Å². The average Bonchev–Trinajstić information content (AvgIpc) is 3.38. The number of ether oxygens (including phenoxy) is 6. The minimum absolute atomic E-state index is 0.0294. The van der Waals surface area contributed by atoms with Crippen LogP contribution < -0.4 is 0 Å². The van der Waals surface area contributed by atoms with Gasteiger partial charge in [-0.25, -0.2) is 14.4 Å². The lowest BCUT2D eigenvalue weighted by Gasteiger charge is -2.67. The molecule has 3 aliphatic carbocycles. The van der Waals surface area contributed by atoms with E-state index in [-0.39, 0.29) is 24.7 Å². The number of aliphatic hydroxyl groups is 6. The van der Waals surface area contributed by atoms with Crippen molar-refractivity contribution in [1.82, 2.24) is 0 Å². The van der Waals surface area contributed by atoms with Crippen molar-refractivity contribution >= 4 is 23.7 Å². The molecule has 6 rings (SSSR count). The number of hydrogen-bond donors (Lipinski definition) is 6. The van der Waals surface area contributed by atoms with Crippen LogP contribution in [0, 0.1) is 40.4 Å². The van der Waals surface area contributed by atoms with E-state index in [4.69, 9.17) is 28.4 Å². The van der Waals surface area contributed by atoms with Crippen LogP contribution in [0.3, 0.4) is 0 Å². The van der Waals surface area contributed by atoms with Crippen LogP contribution in [0.1, 0.15) is 41.0 Å². The molecule has 5 fully saturated rings. The second-order valence-corrected chi connectivity index (χ2v) is 15.1. The molecule has 0 aromatic rings. The fourth-order valence-electron chi connectivity index (χ4n) is 9.69. The predicted octanol–water partition coefficient (Wildman–Crippen LogP) is -1.73. The Kier molecular flexibility index (Phi) is 9.29. The van der Waals surface area contributed by atoms with Crippen molar-refractivity contribution in [3.63, 3.8) is 0 Å². The van der Waals surface area contributed by atoms with Crippen LogP contribution in [-0.2, 0) is 47.6 Å². The van der Waals surface area contributed by atoms with Crippen molar-refractivity contribution < 1.29 is 78.2 Å². The van der Waals surface area contributed by atoms with E-state index in [0.29, 0.717) is 5.57 Å². The first-order valence-corrected chi connectivity index (χ1v) is 16.8. The summed E-state index contributed by atoms with van der Waals surface area (Å²) in [5.41, 5.74) is -4.45. The number of ketones is 1. The van der Waals surface area contributed by atoms with Crippen LogP contribution >= 0.6 is 0 Å². The van der Waals surface area contributed by atoms with Crippen molar-refractivity contribution in [2.45, 2.75) is 102 Å². The van der Waals surface area contributed by atoms with Crippen LogP contribution in [0.25, 0.3) is 0 Å². The Morgan fingerprint density at radius 2 is 1.74 bits per heavy atom. The van der Waals surface area contributed by atoms with E-state index in [9.17, 15) is 49.8 Å². The largest absolute Gasteiger partial charge is 0.467 e. The van der Waals surface area contributed by atoms with Crippen LogP contribution in [0.15, 0.2) is 23.5 Å². The quantitative estimate of drug-likeness (QED) is 0.0976. The fourth-order valence-corrected chi connectivity index (χ4v) is 9.69. The Hall–Kier alpha value is -2.96. The summed E-state index contributed by atoms with van der Waals surface area (Å²) < 4.78 is 34.4. The molecule has 1 spiro atoms. The molecule has 278 valence electrons. The molecule has 0 amide bonds. The first-order chi connectivity index (χ1) is 23.4. The highest BCUT2D eigenvalue weighted by Gasteiger charge is 2.85. The standard InChI is InChI=1S/C34H46O16/c1-12(2)13(3)7-19(36)50-25-27-33-11-46-34(27,31(44)45-6)28(42)24(41)26(33)32(5)9-16(20(37)14(4)15(32)8-18(33)49-29(25)43)47-30-23(40)22(39)21(38)17(10-35)48-30/h7,9,12,14-15,17-18,21-28,30,35,38-42H,8,10-11H2,1-6H3/b13-7+/t14-,15+,17+,18-,21+,22-,23+,24-,25-,26+,27+,28+,30+,32+,33-,34+/m1/s1. The van der Waals surface area contributed by atoms with Gasteiger partial charge in [-0.2, -0.15) is 0 Å². The van der Waals surface area contributed by atoms with E-state index >= 15 is 0 Å². The number of fused-ring (bicyclic) bond motifs is 2. The minimum atomic E-state index is -2.34. The maximum absolute atomic E-state index is 13.8. The van der Waals surface area contributed by atoms with Gasteiger partial charge in [-0.1, -0.05) is 33.3 Å². The molecule has 0 aromatic carbocycles. The number of Topliss-reactive ketones (excluding diaryl/α,β-unsaturated/α-hetero) is 1. The van der Waals surface area contributed by atoms with E-state index in [1.165, 1.54) is 12.2 Å². The third kappa shape index (κ3) is 4.94. The molecular formula is C34H46O16. The summed E-state index contributed by atoms with van der Waals surface area (Å²) in [7, 11) is 1.06. The lowest BCUT2D eigenvalue weighted by molar-refractivity contribution is -0.296. The van der Waals surface area contributed by atoms with Gasteiger partial charge in [0, 0.05) is 23.3 Å². The highest BCUT2D eigenvalue weighted by Crippen LogP contribution is 2.72. The molecule has 0 unspecified atom stereocenters. The van der Waals surface area contributed by atoms with Gasteiger partial charge in [0.2, 0.25) is 18.0 Å². The van der Waals surface area contributed by atoms with Gasteiger partial charge in [0.05, 0.1) is 32.3 Å². The van der Waals surface area contributed by atoms with E-state index in [1.54, 1.807) is 20.8 Å². The van der Waals surface area contributed by atoms with Crippen LogP contribution in [0.2, 0.25) is 0 Å². The molecule has 3 aliphatic heterocycles. The van der Waals surface area contributed by atoms with E-state index in [1.807, 2.05) is 13.8 Å². The topological polar surface area (TPSA) is 245 Å². The second-order valence-electron chi connectivity index (χ2n) is 15.1. The maximum Gasteiger partial charge on any atom is 0.348 e. The molecule has 16 atom stereocenters. The first kappa shape index (κ1) is 36.8. The summed E-state index contributed by atoms with van der Waals surface area (Å²) in [5.74, 6) is -7.88. The molecule has 3 heterocycles. The number of hydrogen-bond acceptors (Lipinski definition) is 16. The van der Waals surface area contributed by atoms with Crippen molar-refractivity contribution in [3.05, 3.63) is 23.5 Å². The van der Waals surface area contributed by atoms with Crippen LogP contribution in [-0.4, -0.2) is 135 Å². The number of aliphatic hydroxyl groups excluding tert-OH is 6. The van der Waals surface area contributed by atoms with E-state index in [0.717, 1.165) is 7.11 Å². The summed E-state index contributed by atoms with van der Waals surface area (Å²) in [6, 6.07) is 0. The molecule has 16 heteroatoms. The predicted molar refractivity (Wildman–Crippen MR) is 164 cm³/mol. The lowest BCUT2D eigenvalue weighted by Crippen LogP contribution is -2.79. The normalized spacial score (nSPS) is 48.2. The number of esters is 3. The van der Waals surface area contributed by atoms with Gasteiger partial charge in [-0.15, -0.1) is 0 Å². The molecule has 3 saturated heterocycles. The van der Waals surface area contributed by atoms with Crippen LogP contribution in [0.5, 0.6) is 0 Å². The lowest BCUT2D eigenvalue weighted by atomic mass is 9.38. The zero-order chi connectivity index (χ0) is 36.8. The van der Waals surface area contributed by atoms with Gasteiger partial charge < -0.3 is 59.1 Å². The second kappa shape index (κ2) is 12.6. The molecule has 50 heavy (non-hydrogen) atoms. The minimum Gasteiger partial charge on any atom is -0.467 e. The molecule has 2 saturated carbocycles. The smallest absolute Gasteiger partial charge is 0.348 e. The number of rotatable bonds is 7. The molecule has 16 nitrogen and oxygen atoms in total. The Morgan fingerprint density at radius 1 is 1.06 bits per heavy atom. The van der Waals surface area contributed by atoms with Gasteiger partial charge in [-0.05, 0) is 36.7 Å². The van der Waals surface area contributed by atoms with Gasteiger partial charge in [0.25, 0.3) is 0 Å². The Bertz CT molecular complexity index is 1490. The summed E-state index contributed by atoms with van der Waals surface area (Å²) in [5, 5.41) is 64.8. The SMILES string of the molecule is COC(=O)[C@]12OC[C@@]34[C@@H]1[C@@H](OC(=O)/C=C(\C)C(C)C)C(=O)O[C@@H]3C[C@H]1[C@@H](C)C(=O)C(O[C@H]3O[C@@H](CO)[C@H](O)[C@@H](O)[C@@H]3O)=C[C@]1(C)[C@@H]4[C@@H](O)[C@@H]2O. The zero-order valence-electron chi connectivity index (χ0n) is 28.6. The highest BCUT2D eigenvalue weighted by molar-refractivity contribution is 5.97. The maximum atomic E-state index is 13.8. The van der Waals surface area contributed by atoms with Gasteiger partial charge in [0.1, 0.15) is 36.6 Å². The van der Waals surface area contributed by atoms with Crippen molar-refractivity contribution in [2.24, 2.45) is 40.4 Å². The van der Waals surface area contributed by atoms with Gasteiger partial charge in [0.15, 0.2) is 11.5 Å². The molecule has 0 radical (unpaired) electrons. The summed E-state index contributed by atoms with van der Waals surface area (Å²) >= 11 is 0. The Labute approximate surface area is 287 Å². The van der Waals surface area contributed by atoms with Crippen molar-refractivity contribution in [1.29, 1.82) is 0 Å². The van der Waals surface area contributed by atoms with Crippen molar-refractivity contribution in [3.8, 4) is 0 Å². The van der Waals surface area contributed by atoms with Crippen molar-refractivity contribution in [2.75, 3.05) is 20.3 Å². The monoisotopic (exact) mass is 710 g/mol. The number of carbonyl (C=O) groups excluding carboxylic acids is 4. The first-order valence-electron chi connectivity index (χ1n) is 16.8. The molecule has 6 N–H and O–H groups in total. The Balaban J connectivity index is 1.47. The third-order valence-electron chi connectivity index (χ3n) is 12.4. The fraction of sp³-hybridized carbons (Fsp3) is 0.765. The summed E-state index contributed by atoms with van der Waals surface area (Å²) in [6.07, 6.45) is -12.2. The number of carbonyl (C=O) groups is 4. The molecule has 0 aromatic heterocycles. The number of allylic oxidation sites excluding steroid dienone is 3. The molecular weight excluding hydrogens is 664 g/mol. The molecule has 6 aliphatic rings. The third-order valence-corrected chi connectivity index (χ3v) is 12.4. The van der Waals surface area contributed by atoms with E-state index in [2.05, 4.69) is 0 Å². The average molecular weight is 711 g/mol. The van der Waals surface area contributed by atoms with Gasteiger partial charge >= 0.3 is 17.9 Å². The summed E-state index contributed by atoms with van der Waals surface area (Å²) in [4.78, 5) is 54.5. The Morgan fingerprint density at radius 3 is 2.36 bits per heavy atom. The zero-order valence-corrected chi connectivity index (χ0v) is 28.6. The highest BCUT2D eigenvalue weighted by atomic mass is 16.7.